The van der Waals surface area contributed by atoms with Crippen LogP contribution in [0.5, 0.6) is 0 Å². The minimum atomic E-state index is -3.46. The number of ether oxygens (including phenoxy) is 1. The van der Waals surface area contributed by atoms with Gasteiger partial charge in [-0.25, -0.2) is 4.67 Å². The van der Waals surface area contributed by atoms with Crippen LogP contribution < -0.4 is 10.6 Å². The molecule has 14 heteroatoms. The van der Waals surface area contributed by atoms with Crippen molar-refractivity contribution in [2.24, 2.45) is 0 Å². The molecule has 0 aromatic carbocycles. The van der Waals surface area contributed by atoms with Crippen LogP contribution in [0.3, 0.4) is 0 Å². The van der Waals surface area contributed by atoms with Gasteiger partial charge < -0.3 is 33.5 Å². The number of nitrogens with zero attached hydrogens (tertiary/aromatic N) is 2. The Bertz CT molecular complexity index is 790. The fourth-order valence-electron chi connectivity index (χ4n) is 3.88. The number of carbonyl (C=O) groups excluding carboxylic acids is 2. The predicted octanol–water partition coefficient (Wildman–Crippen LogP) is 3.79. The Labute approximate surface area is 221 Å². The first-order valence-electron chi connectivity index (χ1n) is 12.5. The molecule has 4 unspecified atom stereocenters. The molecule has 0 heterocycles. The van der Waals surface area contributed by atoms with E-state index in [2.05, 4.69) is 21.4 Å². The van der Waals surface area contributed by atoms with E-state index < -0.39 is 28.3 Å². The lowest BCUT2D eigenvalue weighted by atomic mass is 10.2. The lowest BCUT2D eigenvalue weighted by Gasteiger charge is -2.37. The fourth-order valence-corrected chi connectivity index (χ4v) is 7.02. The summed E-state index contributed by atoms with van der Waals surface area (Å²) in [5.41, 5.74) is 0. The van der Waals surface area contributed by atoms with Crippen LogP contribution in [-0.2, 0) is 37.0 Å². The molecule has 12 nitrogen and oxygen atoms in total. The molecular weight excluding hydrogens is 522 g/mol. The number of amides is 2. The molecule has 0 aliphatic heterocycles. The van der Waals surface area contributed by atoms with Crippen molar-refractivity contribution < 1.29 is 37.0 Å². The third kappa shape index (κ3) is 12.3. The summed E-state index contributed by atoms with van der Waals surface area (Å²) < 4.78 is 44.3. The van der Waals surface area contributed by atoms with Crippen LogP contribution in [0.2, 0.25) is 0 Å². The highest BCUT2D eigenvalue weighted by Crippen LogP contribution is 2.51. The Balaban J connectivity index is 3.11. The molecule has 0 radical (unpaired) electrons. The van der Waals surface area contributed by atoms with Gasteiger partial charge in [-0.15, -0.1) is 0 Å². The standard InChI is InChI=1S/C23H42N4O8P2/c1-7-33-37(30,34-8-2)17-31-21-14-20(26-23(29)10-12-25-16-28)15-22(21)35-36(32-13-9-11-24)27(18(3)4)19(5)6/h10,12,16,18-22H,7-9,13-15,17H2,1-6H3,(H,25,28)(H,26,29)/b12-10-. The first-order chi connectivity index (χ1) is 17.6. The van der Waals surface area contributed by atoms with Crippen molar-refractivity contribution in [1.82, 2.24) is 15.3 Å². The Morgan fingerprint density at radius 3 is 2.32 bits per heavy atom. The molecule has 0 spiro atoms. The normalized spacial score (nSPS) is 21.0. The van der Waals surface area contributed by atoms with Crippen LogP contribution in [0.1, 0.15) is 60.8 Å². The van der Waals surface area contributed by atoms with Gasteiger partial charge in [0.05, 0.1) is 44.5 Å². The zero-order valence-electron chi connectivity index (χ0n) is 22.6. The quantitative estimate of drug-likeness (QED) is 0.103. The van der Waals surface area contributed by atoms with Crippen molar-refractivity contribution in [3.05, 3.63) is 12.3 Å². The van der Waals surface area contributed by atoms with E-state index in [1.54, 1.807) is 13.8 Å². The number of nitrogens with one attached hydrogen (secondary N) is 2. The summed E-state index contributed by atoms with van der Waals surface area (Å²) >= 11 is 0. The van der Waals surface area contributed by atoms with Gasteiger partial charge in [0.15, 0.2) is 0 Å². The average Bonchev–Trinajstić information content (AvgIpc) is 3.18. The van der Waals surface area contributed by atoms with Gasteiger partial charge in [-0.3, -0.25) is 14.2 Å². The Morgan fingerprint density at radius 1 is 1.16 bits per heavy atom. The summed E-state index contributed by atoms with van der Waals surface area (Å²) in [5.74, 6) is -0.383. The largest absolute Gasteiger partial charge is 0.363 e. The van der Waals surface area contributed by atoms with Gasteiger partial charge in [0.2, 0.25) is 12.3 Å². The van der Waals surface area contributed by atoms with Gasteiger partial charge in [-0.1, -0.05) is 0 Å². The minimum absolute atomic E-state index is 0.107. The highest BCUT2D eigenvalue weighted by atomic mass is 31.2. The molecule has 4 atom stereocenters. The average molecular weight is 565 g/mol. The number of hydrogen-bond donors (Lipinski definition) is 2. The number of rotatable bonds is 19. The zero-order valence-corrected chi connectivity index (χ0v) is 24.4. The first-order valence-corrected chi connectivity index (χ1v) is 15.4. The second kappa shape index (κ2) is 18.0. The molecule has 1 aliphatic carbocycles. The van der Waals surface area contributed by atoms with Crippen LogP contribution in [0, 0.1) is 11.3 Å². The first kappa shape index (κ1) is 33.6. The molecule has 1 aliphatic rings. The van der Waals surface area contributed by atoms with Crippen LogP contribution in [0.15, 0.2) is 12.3 Å². The number of carbonyl (C=O) groups is 2. The monoisotopic (exact) mass is 564 g/mol. The number of hydrogen-bond acceptors (Lipinski definition) is 10. The predicted molar refractivity (Wildman–Crippen MR) is 140 cm³/mol. The summed E-state index contributed by atoms with van der Waals surface area (Å²) in [6.45, 7) is 12.2. The topological polar surface area (TPSA) is 148 Å². The van der Waals surface area contributed by atoms with E-state index in [4.69, 9.17) is 28.1 Å². The van der Waals surface area contributed by atoms with Crippen LogP contribution in [-0.4, -0.2) is 73.5 Å². The molecule has 2 N–H and O–H groups in total. The van der Waals surface area contributed by atoms with Gasteiger partial charge in [0.25, 0.3) is 8.53 Å². The maximum Gasteiger partial charge on any atom is 0.356 e. The molecule has 37 heavy (non-hydrogen) atoms. The lowest BCUT2D eigenvalue weighted by Crippen LogP contribution is -2.36. The van der Waals surface area contributed by atoms with Crippen molar-refractivity contribution in [2.45, 2.75) is 91.1 Å². The summed E-state index contributed by atoms with van der Waals surface area (Å²) in [6, 6.07) is 1.99. The number of nitriles is 1. The molecule has 0 aromatic rings. The van der Waals surface area contributed by atoms with E-state index in [-0.39, 0.29) is 56.6 Å². The SMILES string of the molecule is CCOP(=O)(COC1CC(NC(=O)/C=C\NC=O)CC1OP(OCCC#N)N(C(C)C)C(C)C)OCC. The van der Waals surface area contributed by atoms with Crippen molar-refractivity contribution in [3.63, 3.8) is 0 Å². The summed E-state index contributed by atoms with van der Waals surface area (Å²) in [6.07, 6.45) is 2.69. The second-order valence-corrected chi connectivity index (χ2v) is 12.2. The maximum absolute atomic E-state index is 13.0. The van der Waals surface area contributed by atoms with E-state index in [1.165, 1.54) is 12.3 Å². The summed E-state index contributed by atoms with van der Waals surface area (Å²) in [5, 5.41) is 14.2. The molecule has 0 aromatic heterocycles. The van der Waals surface area contributed by atoms with Crippen molar-refractivity contribution >= 4 is 28.4 Å². The lowest BCUT2D eigenvalue weighted by molar-refractivity contribution is -0.117. The van der Waals surface area contributed by atoms with Crippen molar-refractivity contribution in [2.75, 3.05) is 26.2 Å². The fraction of sp³-hybridized carbons (Fsp3) is 0.783. The van der Waals surface area contributed by atoms with Gasteiger partial charge >= 0.3 is 7.60 Å². The second-order valence-electron chi connectivity index (χ2n) is 8.77. The molecular formula is C23H42N4O8P2. The molecule has 1 fully saturated rings. The van der Waals surface area contributed by atoms with E-state index in [1.807, 2.05) is 27.7 Å². The zero-order chi connectivity index (χ0) is 27.8. The molecule has 0 saturated heterocycles. The molecule has 0 bridgehead atoms. The highest BCUT2D eigenvalue weighted by Gasteiger charge is 2.42. The van der Waals surface area contributed by atoms with E-state index >= 15 is 0 Å². The van der Waals surface area contributed by atoms with Gasteiger partial charge in [0.1, 0.15) is 6.35 Å². The van der Waals surface area contributed by atoms with Crippen LogP contribution >= 0.6 is 16.1 Å². The molecule has 1 saturated carbocycles. The van der Waals surface area contributed by atoms with E-state index in [0.717, 1.165) is 0 Å². The third-order valence-electron chi connectivity index (χ3n) is 5.18. The summed E-state index contributed by atoms with van der Waals surface area (Å²) in [4.78, 5) is 22.7. The Kier molecular flexibility index (Phi) is 16.3. The molecule has 1 rings (SSSR count). The third-order valence-corrected chi connectivity index (χ3v) is 9.10. The molecule has 212 valence electrons. The van der Waals surface area contributed by atoms with E-state index in [9.17, 15) is 14.2 Å². The Hall–Kier alpha value is -1.41. The summed E-state index contributed by atoms with van der Waals surface area (Å²) in [7, 11) is -5.02. The van der Waals surface area contributed by atoms with Gasteiger partial charge in [-0.2, -0.15) is 5.26 Å². The van der Waals surface area contributed by atoms with Crippen molar-refractivity contribution in [1.29, 1.82) is 5.26 Å². The Morgan fingerprint density at radius 2 is 1.78 bits per heavy atom. The smallest absolute Gasteiger partial charge is 0.356 e. The van der Waals surface area contributed by atoms with Gasteiger partial charge in [0, 0.05) is 30.4 Å². The minimum Gasteiger partial charge on any atom is -0.363 e. The van der Waals surface area contributed by atoms with Crippen LogP contribution in [0.25, 0.3) is 0 Å². The van der Waals surface area contributed by atoms with Gasteiger partial charge in [-0.05, 0) is 54.4 Å². The van der Waals surface area contributed by atoms with E-state index in [0.29, 0.717) is 19.3 Å². The highest BCUT2D eigenvalue weighted by molar-refractivity contribution is 7.53. The van der Waals surface area contributed by atoms with Crippen LogP contribution in [0.4, 0.5) is 0 Å². The van der Waals surface area contributed by atoms with Crippen molar-refractivity contribution in [3.8, 4) is 6.07 Å². The maximum atomic E-state index is 13.0. The molecule has 2 amide bonds.